The van der Waals surface area contributed by atoms with E-state index in [1.54, 1.807) is 0 Å². The third-order valence-corrected chi connectivity index (χ3v) is 14.3. The molecule has 0 saturated carbocycles. The standard InChI is InChI=1S/C72H124O6/c1-4-7-10-13-16-19-21-23-25-27-28-29-30-31-32-33-34-35-36-37-38-39-40-41-42-43-44-45-47-48-50-53-56-59-62-65-71(74)77-68-69(67-76-70(73)64-61-58-55-52-18-15-12-9-6-3)78-72(75)66-63-60-57-54-51-49-46-26-24-22-20-17-14-11-8-5-2/h7,10,16,19,23,25-26,28-29,31-32,34-35,37-38,46,69H,4-6,8-9,11-15,17-18,20-22,24,27,30,33,36,39-45,47-68H2,1-3H3/b10-7-,19-16-,25-23-,29-28-,32-31-,35-34-,38-37-,46-26-. The summed E-state index contributed by atoms with van der Waals surface area (Å²) >= 11 is 0. The Hall–Kier alpha value is -3.67. The molecule has 0 spiro atoms. The maximum atomic E-state index is 12.9. The Balaban J connectivity index is 4.10. The summed E-state index contributed by atoms with van der Waals surface area (Å²) < 4.78 is 16.9. The fourth-order valence-corrected chi connectivity index (χ4v) is 9.36. The minimum absolute atomic E-state index is 0.0765. The van der Waals surface area contributed by atoms with E-state index < -0.39 is 6.10 Å². The Kier molecular flexibility index (Phi) is 62.7. The third-order valence-electron chi connectivity index (χ3n) is 14.3. The number of hydrogen-bond donors (Lipinski definition) is 0. The molecule has 0 aromatic carbocycles. The van der Waals surface area contributed by atoms with Gasteiger partial charge in [-0.05, 0) is 103 Å². The summed E-state index contributed by atoms with van der Waals surface area (Å²) in [6.07, 6.45) is 88.7. The maximum Gasteiger partial charge on any atom is 0.306 e. The number of hydrogen-bond acceptors (Lipinski definition) is 6. The molecule has 6 heteroatoms. The van der Waals surface area contributed by atoms with Crippen molar-refractivity contribution in [1.82, 2.24) is 0 Å². The van der Waals surface area contributed by atoms with Crippen molar-refractivity contribution in [1.29, 1.82) is 0 Å². The molecule has 0 radical (unpaired) electrons. The lowest BCUT2D eigenvalue weighted by Gasteiger charge is -2.18. The van der Waals surface area contributed by atoms with Crippen LogP contribution in [0, 0.1) is 0 Å². The zero-order valence-electron chi connectivity index (χ0n) is 51.4. The lowest BCUT2D eigenvalue weighted by molar-refractivity contribution is -0.167. The van der Waals surface area contributed by atoms with Crippen LogP contribution in [-0.4, -0.2) is 37.2 Å². The van der Waals surface area contributed by atoms with Gasteiger partial charge in [-0.2, -0.15) is 0 Å². The Morgan fingerprint density at radius 3 is 0.795 bits per heavy atom. The molecule has 0 aliphatic heterocycles. The second-order valence-corrected chi connectivity index (χ2v) is 22.0. The summed E-state index contributed by atoms with van der Waals surface area (Å²) in [6, 6.07) is 0. The summed E-state index contributed by atoms with van der Waals surface area (Å²) in [6.45, 7) is 6.52. The van der Waals surface area contributed by atoms with Gasteiger partial charge in [0.05, 0.1) is 0 Å². The highest BCUT2D eigenvalue weighted by Crippen LogP contribution is 2.16. The van der Waals surface area contributed by atoms with E-state index in [-0.39, 0.29) is 31.1 Å². The Morgan fingerprint density at radius 2 is 0.500 bits per heavy atom. The minimum Gasteiger partial charge on any atom is -0.462 e. The smallest absolute Gasteiger partial charge is 0.306 e. The van der Waals surface area contributed by atoms with E-state index in [0.717, 1.165) is 116 Å². The first-order valence-corrected chi connectivity index (χ1v) is 33.2. The first-order valence-electron chi connectivity index (χ1n) is 33.2. The molecule has 0 aromatic heterocycles. The van der Waals surface area contributed by atoms with Gasteiger partial charge in [-0.15, -0.1) is 0 Å². The van der Waals surface area contributed by atoms with Crippen molar-refractivity contribution in [3.63, 3.8) is 0 Å². The Bertz CT molecular complexity index is 1530. The van der Waals surface area contributed by atoms with Gasteiger partial charge in [-0.3, -0.25) is 14.4 Å². The number of allylic oxidation sites excluding steroid dienone is 16. The molecule has 0 aliphatic rings. The van der Waals surface area contributed by atoms with E-state index in [1.807, 2.05) is 0 Å². The molecule has 448 valence electrons. The van der Waals surface area contributed by atoms with Crippen molar-refractivity contribution in [2.24, 2.45) is 0 Å². The number of carbonyl (C=O) groups is 3. The van der Waals surface area contributed by atoms with E-state index in [2.05, 4.69) is 118 Å². The number of ether oxygens (including phenoxy) is 3. The molecule has 0 N–H and O–H groups in total. The van der Waals surface area contributed by atoms with Crippen LogP contribution in [0.25, 0.3) is 0 Å². The second-order valence-electron chi connectivity index (χ2n) is 22.0. The first-order chi connectivity index (χ1) is 38.5. The molecule has 78 heavy (non-hydrogen) atoms. The molecule has 0 aromatic rings. The van der Waals surface area contributed by atoms with Gasteiger partial charge in [0, 0.05) is 19.3 Å². The van der Waals surface area contributed by atoms with Crippen LogP contribution >= 0.6 is 0 Å². The molecule has 0 bridgehead atoms. The molecule has 0 saturated heterocycles. The number of unbranched alkanes of at least 4 members (excludes halogenated alkanes) is 33. The SMILES string of the molecule is CC/C=C\C/C=C\C/C=C\C/C=C\C/C=C\C/C=C\C/C=C\CCCCCCCCCCCCCCCC(=O)OCC(COC(=O)CCCCCCCCCCC)OC(=O)CCCCCCC/C=C\CCCCCCCCC. The third kappa shape index (κ3) is 63.2. The molecule has 0 aliphatic carbocycles. The predicted octanol–water partition coefficient (Wildman–Crippen LogP) is 22.8. The van der Waals surface area contributed by atoms with E-state index >= 15 is 0 Å². The molecule has 0 fully saturated rings. The zero-order chi connectivity index (χ0) is 56.4. The first kappa shape index (κ1) is 74.3. The van der Waals surface area contributed by atoms with Crippen molar-refractivity contribution >= 4 is 17.9 Å². The summed E-state index contributed by atoms with van der Waals surface area (Å²) in [5, 5.41) is 0. The monoisotopic (exact) mass is 1080 g/mol. The highest BCUT2D eigenvalue weighted by atomic mass is 16.6. The molecule has 6 nitrogen and oxygen atoms in total. The fourth-order valence-electron chi connectivity index (χ4n) is 9.36. The fraction of sp³-hybridized carbons (Fsp3) is 0.736. The van der Waals surface area contributed by atoms with E-state index in [4.69, 9.17) is 14.2 Å². The minimum atomic E-state index is -0.778. The van der Waals surface area contributed by atoms with Crippen molar-refractivity contribution < 1.29 is 28.6 Å². The number of esters is 3. The van der Waals surface area contributed by atoms with Crippen molar-refractivity contribution in [2.75, 3.05) is 13.2 Å². The highest BCUT2D eigenvalue weighted by Gasteiger charge is 2.19. The lowest BCUT2D eigenvalue weighted by atomic mass is 10.0. The van der Waals surface area contributed by atoms with Crippen LogP contribution in [0.1, 0.15) is 323 Å². The Morgan fingerprint density at radius 1 is 0.269 bits per heavy atom. The van der Waals surface area contributed by atoms with Gasteiger partial charge in [-0.1, -0.05) is 298 Å². The maximum absolute atomic E-state index is 12.9. The van der Waals surface area contributed by atoms with Crippen LogP contribution in [0.3, 0.4) is 0 Å². The average Bonchev–Trinajstić information content (AvgIpc) is 3.44. The van der Waals surface area contributed by atoms with Gasteiger partial charge in [0.25, 0.3) is 0 Å². The van der Waals surface area contributed by atoms with Crippen LogP contribution < -0.4 is 0 Å². The summed E-state index contributed by atoms with van der Waals surface area (Å²) in [4.78, 5) is 38.2. The van der Waals surface area contributed by atoms with Crippen molar-refractivity contribution in [2.45, 2.75) is 329 Å². The molecule has 0 amide bonds. The zero-order valence-corrected chi connectivity index (χ0v) is 51.4. The van der Waals surface area contributed by atoms with Crippen LogP contribution in [0.5, 0.6) is 0 Å². The van der Waals surface area contributed by atoms with Gasteiger partial charge in [0.15, 0.2) is 6.10 Å². The topological polar surface area (TPSA) is 78.9 Å². The molecule has 0 heterocycles. The molecular weight excluding hydrogens is 961 g/mol. The van der Waals surface area contributed by atoms with Crippen molar-refractivity contribution in [3.8, 4) is 0 Å². The second kappa shape index (κ2) is 65.8. The van der Waals surface area contributed by atoms with E-state index in [1.165, 1.54) is 167 Å². The Labute approximate surface area is 483 Å². The average molecular weight is 1090 g/mol. The molecular formula is C72H124O6. The van der Waals surface area contributed by atoms with Crippen LogP contribution in [0.4, 0.5) is 0 Å². The molecule has 0 rings (SSSR count). The normalized spacial score (nSPS) is 12.7. The lowest BCUT2D eigenvalue weighted by Crippen LogP contribution is -2.30. The highest BCUT2D eigenvalue weighted by molar-refractivity contribution is 5.71. The number of carbonyl (C=O) groups excluding carboxylic acids is 3. The van der Waals surface area contributed by atoms with Gasteiger partial charge in [0.2, 0.25) is 0 Å². The molecule has 1 unspecified atom stereocenters. The van der Waals surface area contributed by atoms with Gasteiger partial charge in [-0.25, -0.2) is 0 Å². The van der Waals surface area contributed by atoms with Gasteiger partial charge in [0.1, 0.15) is 13.2 Å². The predicted molar refractivity (Wildman–Crippen MR) is 339 cm³/mol. The van der Waals surface area contributed by atoms with E-state index in [0.29, 0.717) is 19.3 Å². The summed E-state index contributed by atoms with van der Waals surface area (Å²) in [7, 11) is 0. The van der Waals surface area contributed by atoms with Crippen LogP contribution in [0.15, 0.2) is 97.2 Å². The van der Waals surface area contributed by atoms with Crippen LogP contribution in [-0.2, 0) is 28.6 Å². The van der Waals surface area contributed by atoms with Gasteiger partial charge >= 0.3 is 17.9 Å². The summed E-state index contributed by atoms with van der Waals surface area (Å²) in [5.74, 6) is -0.878. The van der Waals surface area contributed by atoms with Crippen LogP contribution in [0.2, 0.25) is 0 Å². The quantitative estimate of drug-likeness (QED) is 0.0261. The van der Waals surface area contributed by atoms with Gasteiger partial charge < -0.3 is 14.2 Å². The number of rotatable bonds is 60. The molecule has 1 atom stereocenters. The summed E-state index contributed by atoms with van der Waals surface area (Å²) in [5.41, 5.74) is 0. The largest absolute Gasteiger partial charge is 0.462 e. The van der Waals surface area contributed by atoms with Crippen molar-refractivity contribution in [3.05, 3.63) is 97.2 Å². The van der Waals surface area contributed by atoms with E-state index in [9.17, 15) is 14.4 Å².